The maximum Gasteiger partial charge on any atom is 0.0597 e. The van der Waals surface area contributed by atoms with Gasteiger partial charge in [-0.3, -0.25) is 0 Å². The van der Waals surface area contributed by atoms with Crippen molar-refractivity contribution < 1.29 is 0 Å². The van der Waals surface area contributed by atoms with E-state index in [0.29, 0.717) is 0 Å². The molecule has 0 saturated carbocycles. The van der Waals surface area contributed by atoms with Gasteiger partial charge in [-0.15, -0.1) is 0 Å². The Balaban J connectivity index is 2.51. The van der Waals surface area contributed by atoms with Crippen LogP contribution in [-0.4, -0.2) is 27.2 Å². The number of nitrogen functional groups attached to an aromatic ring is 1. The summed E-state index contributed by atoms with van der Waals surface area (Å²) in [6, 6.07) is 7.96. The van der Waals surface area contributed by atoms with E-state index in [2.05, 4.69) is 23.3 Å². The molecule has 1 aromatic rings. The lowest BCUT2D eigenvalue weighted by Crippen LogP contribution is -2.22. The molecule has 0 unspecified atom stereocenters. The monoisotopic (exact) mass is 193 g/mol. The number of hydrogen-bond acceptors (Lipinski definition) is 3. The molecule has 0 bridgehead atoms. The molecule has 0 aliphatic rings. The van der Waals surface area contributed by atoms with Gasteiger partial charge in [-0.2, -0.15) is 0 Å². The summed E-state index contributed by atoms with van der Waals surface area (Å²) in [4.78, 5) is 2.19. The van der Waals surface area contributed by atoms with Crippen LogP contribution in [0, 0.1) is 0 Å². The Hall–Kier alpha value is -1.22. The van der Waals surface area contributed by atoms with Crippen molar-refractivity contribution >= 4 is 11.4 Å². The molecule has 3 N–H and O–H groups in total. The summed E-state index contributed by atoms with van der Waals surface area (Å²) in [6.45, 7) is 2.06. The molecule has 0 fully saturated rings. The fraction of sp³-hybridized carbons (Fsp3) is 0.455. The lowest BCUT2D eigenvalue weighted by Gasteiger charge is -2.20. The van der Waals surface area contributed by atoms with Gasteiger partial charge in [0.1, 0.15) is 0 Å². The van der Waals surface area contributed by atoms with Crippen molar-refractivity contribution in [2.45, 2.75) is 6.42 Å². The van der Waals surface area contributed by atoms with Crippen molar-refractivity contribution in [2.24, 2.45) is 0 Å². The largest absolute Gasteiger partial charge is 0.397 e. The number of benzene rings is 1. The van der Waals surface area contributed by atoms with Crippen LogP contribution < -0.4 is 16.0 Å². The highest BCUT2D eigenvalue weighted by atomic mass is 15.1. The predicted octanol–water partition coefficient (Wildman–Crippen LogP) is 1.31. The molecule has 0 amide bonds. The third-order valence-electron chi connectivity index (χ3n) is 2.27. The Morgan fingerprint density at radius 1 is 1.36 bits per heavy atom. The molecule has 14 heavy (non-hydrogen) atoms. The van der Waals surface area contributed by atoms with Gasteiger partial charge in [0.25, 0.3) is 0 Å². The van der Waals surface area contributed by atoms with E-state index in [1.165, 1.54) is 0 Å². The van der Waals surface area contributed by atoms with Crippen LogP contribution in [0.4, 0.5) is 11.4 Å². The minimum atomic E-state index is 0.847. The summed E-state index contributed by atoms with van der Waals surface area (Å²) in [5, 5.41) is 3.13. The SMILES string of the molecule is CNCCCN(C)c1ccccc1N. The first-order valence-corrected chi connectivity index (χ1v) is 4.96. The maximum atomic E-state index is 5.87. The molecule has 0 aliphatic carbocycles. The third-order valence-corrected chi connectivity index (χ3v) is 2.27. The summed E-state index contributed by atoms with van der Waals surface area (Å²) in [7, 11) is 4.04. The maximum absolute atomic E-state index is 5.87. The van der Waals surface area contributed by atoms with E-state index in [4.69, 9.17) is 5.73 Å². The average Bonchev–Trinajstić information content (AvgIpc) is 2.18. The van der Waals surface area contributed by atoms with E-state index in [9.17, 15) is 0 Å². The van der Waals surface area contributed by atoms with Crippen molar-refractivity contribution in [1.82, 2.24) is 5.32 Å². The number of para-hydroxylation sites is 2. The zero-order chi connectivity index (χ0) is 10.4. The Morgan fingerprint density at radius 3 is 2.71 bits per heavy atom. The number of nitrogens with one attached hydrogen (secondary N) is 1. The first-order chi connectivity index (χ1) is 6.75. The van der Waals surface area contributed by atoms with E-state index in [1.807, 2.05) is 25.2 Å². The van der Waals surface area contributed by atoms with Crippen LogP contribution in [0.25, 0.3) is 0 Å². The Morgan fingerprint density at radius 2 is 2.07 bits per heavy atom. The Bertz CT molecular complexity index is 273. The molecule has 3 nitrogen and oxygen atoms in total. The fourth-order valence-corrected chi connectivity index (χ4v) is 1.45. The van der Waals surface area contributed by atoms with Gasteiger partial charge in [0, 0.05) is 13.6 Å². The van der Waals surface area contributed by atoms with Crippen molar-refractivity contribution in [3.05, 3.63) is 24.3 Å². The van der Waals surface area contributed by atoms with Crippen LogP contribution in [0.3, 0.4) is 0 Å². The molecule has 0 atom stereocenters. The quantitative estimate of drug-likeness (QED) is 0.547. The second-order valence-corrected chi connectivity index (χ2v) is 3.44. The predicted molar refractivity (Wildman–Crippen MR) is 62.7 cm³/mol. The van der Waals surface area contributed by atoms with Gasteiger partial charge in [0.05, 0.1) is 11.4 Å². The van der Waals surface area contributed by atoms with Crippen LogP contribution in [-0.2, 0) is 0 Å². The summed E-state index contributed by atoms with van der Waals surface area (Å²) in [5.74, 6) is 0. The molecule has 0 heterocycles. The molecule has 0 aliphatic heterocycles. The fourth-order valence-electron chi connectivity index (χ4n) is 1.45. The van der Waals surface area contributed by atoms with E-state index in [0.717, 1.165) is 30.9 Å². The molecule has 78 valence electrons. The molecule has 1 aromatic carbocycles. The van der Waals surface area contributed by atoms with Gasteiger partial charge in [-0.1, -0.05) is 12.1 Å². The van der Waals surface area contributed by atoms with Gasteiger partial charge in [-0.25, -0.2) is 0 Å². The molecule has 0 aromatic heterocycles. The van der Waals surface area contributed by atoms with Crippen molar-refractivity contribution in [3.63, 3.8) is 0 Å². The number of nitrogens with zero attached hydrogens (tertiary/aromatic N) is 1. The first kappa shape index (κ1) is 10.9. The highest BCUT2D eigenvalue weighted by Crippen LogP contribution is 2.20. The lowest BCUT2D eigenvalue weighted by atomic mass is 10.2. The van der Waals surface area contributed by atoms with Gasteiger partial charge < -0.3 is 16.0 Å². The summed E-state index contributed by atoms with van der Waals surface area (Å²) < 4.78 is 0. The minimum absolute atomic E-state index is 0.847. The van der Waals surface area contributed by atoms with Gasteiger partial charge in [0.2, 0.25) is 0 Å². The Labute approximate surface area is 85.9 Å². The van der Waals surface area contributed by atoms with Crippen LogP contribution in [0.5, 0.6) is 0 Å². The molecular weight excluding hydrogens is 174 g/mol. The van der Waals surface area contributed by atoms with Crippen LogP contribution in [0.2, 0.25) is 0 Å². The average molecular weight is 193 g/mol. The van der Waals surface area contributed by atoms with Crippen molar-refractivity contribution in [3.8, 4) is 0 Å². The van der Waals surface area contributed by atoms with Crippen molar-refractivity contribution in [2.75, 3.05) is 37.8 Å². The van der Waals surface area contributed by atoms with E-state index in [1.54, 1.807) is 0 Å². The number of hydrogen-bond donors (Lipinski definition) is 2. The minimum Gasteiger partial charge on any atom is -0.397 e. The van der Waals surface area contributed by atoms with Crippen LogP contribution in [0.1, 0.15) is 6.42 Å². The standard InChI is InChI=1S/C11H19N3/c1-13-8-5-9-14(2)11-7-4-3-6-10(11)12/h3-4,6-7,13H,5,8-9,12H2,1-2H3. The summed E-state index contributed by atoms with van der Waals surface area (Å²) >= 11 is 0. The van der Waals surface area contributed by atoms with E-state index in [-0.39, 0.29) is 0 Å². The molecular formula is C11H19N3. The highest BCUT2D eigenvalue weighted by Gasteiger charge is 2.02. The molecule has 0 radical (unpaired) electrons. The van der Waals surface area contributed by atoms with Gasteiger partial charge in [-0.05, 0) is 32.1 Å². The zero-order valence-corrected chi connectivity index (χ0v) is 8.96. The summed E-state index contributed by atoms with van der Waals surface area (Å²) in [6.07, 6.45) is 1.13. The number of nitrogens with two attached hydrogens (primary N) is 1. The third kappa shape index (κ3) is 2.92. The van der Waals surface area contributed by atoms with E-state index < -0.39 is 0 Å². The molecule has 0 spiro atoms. The van der Waals surface area contributed by atoms with Crippen molar-refractivity contribution in [1.29, 1.82) is 0 Å². The zero-order valence-electron chi connectivity index (χ0n) is 8.96. The topological polar surface area (TPSA) is 41.3 Å². The van der Waals surface area contributed by atoms with Crippen LogP contribution >= 0.6 is 0 Å². The summed E-state index contributed by atoms with van der Waals surface area (Å²) in [5.41, 5.74) is 7.83. The van der Waals surface area contributed by atoms with Crippen LogP contribution in [0.15, 0.2) is 24.3 Å². The smallest absolute Gasteiger partial charge is 0.0597 e. The van der Waals surface area contributed by atoms with Gasteiger partial charge >= 0.3 is 0 Å². The normalized spacial score (nSPS) is 10.1. The Kier molecular flexibility index (Phi) is 4.26. The lowest BCUT2D eigenvalue weighted by molar-refractivity contribution is 0.713. The first-order valence-electron chi connectivity index (χ1n) is 4.96. The molecule has 3 heteroatoms. The highest BCUT2D eigenvalue weighted by molar-refractivity contribution is 5.66. The second kappa shape index (κ2) is 5.50. The second-order valence-electron chi connectivity index (χ2n) is 3.44. The molecule has 1 rings (SSSR count). The van der Waals surface area contributed by atoms with Gasteiger partial charge in [0.15, 0.2) is 0 Å². The number of anilines is 2. The van der Waals surface area contributed by atoms with E-state index >= 15 is 0 Å². The number of rotatable bonds is 5. The molecule has 0 saturated heterocycles.